The quantitative estimate of drug-likeness (QED) is 0.442. The van der Waals surface area contributed by atoms with E-state index >= 15 is 0 Å². The molecule has 3 aromatic rings. The highest BCUT2D eigenvalue weighted by Gasteiger charge is 2.30. The van der Waals surface area contributed by atoms with Crippen LogP contribution in [0.5, 0.6) is 5.75 Å². The van der Waals surface area contributed by atoms with Crippen molar-refractivity contribution in [3.05, 3.63) is 99.5 Å². The fourth-order valence-corrected chi connectivity index (χ4v) is 4.11. The molecule has 0 unspecified atom stereocenters. The van der Waals surface area contributed by atoms with Crippen LogP contribution in [0, 0.1) is 0 Å². The molecule has 5 nitrogen and oxygen atoms in total. The Balaban J connectivity index is 1.86. The van der Waals surface area contributed by atoms with Crippen molar-refractivity contribution in [1.82, 2.24) is 10.2 Å². The van der Waals surface area contributed by atoms with Gasteiger partial charge in [0, 0.05) is 25.0 Å². The molecule has 3 rings (SSSR count). The molecule has 0 saturated heterocycles. The second-order valence-electron chi connectivity index (χ2n) is 7.19. The summed E-state index contributed by atoms with van der Waals surface area (Å²) < 4.78 is 6.41. The van der Waals surface area contributed by atoms with Gasteiger partial charge >= 0.3 is 0 Å². The van der Waals surface area contributed by atoms with Crippen LogP contribution in [-0.4, -0.2) is 36.4 Å². The minimum absolute atomic E-state index is 0.213. The predicted molar refractivity (Wildman–Crippen MR) is 130 cm³/mol. The lowest BCUT2D eigenvalue weighted by molar-refractivity contribution is -0.142. The van der Waals surface area contributed by atoms with E-state index in [9.17, 15) is 9.59 Å². The molecular weight excluding hydrogens is 492 g/mol. The summed E-state index contributed by atoms with van der Waals surface area (Å²) in [7, 11) is 1.58. The Bertz CT molecular complexity index is 1050. The number of carbonyl (C=O) groups excluding carboxylic acids is 2. The van der Waals surface area contributed by atoms with Crippen LogP contribution in [0.25, 0.3) is 0 Å². The standard InChI is InChI=1S/C25H24BrClN2O3/c1-28-25(31)22(14-18-8-4-2-5-9-18)29(16-19-10-6-3-7-11-19)24(30)17-32-23-13-12-20(27)15-21(23)26/h2-13,15,22H,14,16-17H2,1H3,(H,28,31)/t22-/m0/s1. The van der Waals surface area contributed by atoms with E-state index in [2.05, 4.69) is 21.2 Å². The highest BCUT2D eigenvalue weighted by atomic mass is 79.9. The summed E-state index contributed by atoms with van der Waals surface area (Å²) >= 11 is 9.38. The third-order valence-electron chi connectivity index (χ3n) is 4.96. The summed E-state index contributed by atoms with van der Waals surface area (Å²) in [4.78, 5) is 27.8. The van der Waals surface area contributed by atoms with Gasteiger partial charge in [-0.3, -0.25) is 9.59 Å². The Morgan fingerprint density at radius 3 is 2.22 bits per heavy atom. The molecule has 0 aliphatic carbocycles. The van der Waals surface area contributed by atoms with Gasteiger partial charge < -0.3 is 15.0 Å². The summed E-state index contributed by atoms with van der Waals surface area (Å²) in [5, 5.41) is 3.26. The molecule has 0 aromatic heterocycles. The summed E-state index contributed by atoms with van der Waals surface area (Å²) in [6, 6.07) is 23.6. The maximum atomic E-state index is 13.3. The topological polar surface area (TPSA) is 58.6 Å². The Hall–Kier alpha value is -2.83. The molecule has 0 radical (unpaired) electrons. The van der Waals surface area contributed by atoms with Gasteiger partial charge in [-0.25, -0.2) is 0 Å². The van der Waals surface area contributed by atoms with Crippen molar-refractivity contribution in [2.45, 2.75) is 19.0 Å². The highest BCUT2D eigenvalue weighted by molar-refractivity contribution is 9.10. The van der Waals surface area contributed by atoms with E-state index in [1.807, 2.05) is 60.7 Å². The smallest absolute Gasteiger partial charge is 0.261 e. The van der Waals surface area contributed by atoms with E-state index in [1.165, 1.54) is 0 Å². The van der Waals surface area contributed by atoms with Crippen LogP contribution < -0.4 is 10.1 Å². The number of ether oxygens (including phenoxy) is 1. The maximum absolute atomic E-state index is 13.3. The second-order valence-corrected chi connectivity index (χ2v) is 8.48. The van der Waals surface area contributed by atoms with Crippen molar-refractivity contribution in [3.63, 3.8) is 0 Å². The van der Waals surface area contributed by atoms with Crippen LogP contribution in [-0.2, 0) is 22.6 Å². The molecule has 3 aromatic carbocycles. The lowest BCUT2D eigenvalue weighted by atomic mass is 10.0. The van der Waals surface area contributed by atoms with E-state index in [0.717, 1.165) is 11.1 Å². The van der Waals surface area contributed by atoms with Crippen molar-refractivity contribution in [2.75, 3.05) is 13.7 Å². The molecule has 0 bridgehead atoms. The van der Waals surface area contributed by atoms with Crippen molar-refractivity contribution < 1.29 is 14.3 Å². The van der Waals surface area contributed by atoms with Crippen molar-refractivity contribution in [2.24, 2.45) is 0 Å². The average Bonchev–Trinajstić information content (AvgIpc) is 2.81. The fourth-order valence-electron chi connectivity index (χ4n) is 3.32. The monoisotopic (exact) mass is 514 g/mol. The van der Waals surface area contributed by atoms with Gasteiger partial charge in [0.05, 0.1) is 4.47 Å². The highest BCUT2D eigenvalue weighted by Crippen LogP contribution is 2.28. The first-order valence-electron chi connectivity index (χ1n) is 10.1. The number of hydrogen-bond acceptors (Lipinski definition) is 3. The zero-order chi connectivity index (χ0) is 22.9. The SMILES string of the molecule is CNC(=O)[C@H](Cc1ccccc1)N(Cc1ccccc1)C(=O)COc1ccc(Cl)cc1Br. The first-order chi connectivity index (χ1) is 15.5. The predicted octanol–water partition coefficient (Wildman–Crippen LogP) is 4.87. The number of hydrogen-bond donors (Lipinski definition) is 1. The van der Waals surface area contributed by atoms with Crippen LogP contribution in [0.15, 0.2) is 83.3 Å². The first-order valence-corrected chi connectivity index (χ1v) is 11.3. The third-order valence-corrected chi connectivity index (χ3v) is 5.81. The van der Waals surface area contributed by atoms with Gasteiger partial charge in [0.25, 0.3) is 5.91 Å². The van der Waals surface area contributed by atoms with Gasteiger partial charge in [-0.15, -0.1) is 0 Å². The Labute approximate surface area is 201 Å². The van der Waals surface area contributed by atoms with Crippen LogP contribution in [0.3, 0.4) is 0 Å². The molecule has 166 valence electrons. The van der Waals surface area contributed by atoms with E-state index in [-0.39, 0.29) is 25.0 Å². The first kappa shape index (κ1) is 23.8. The van der Waals surface area contributed by atoms with Crippen LogP contribution in [0.1, 0.15) is 11.1 Å². The molecular formula is C25H24BrClN2O3. The molecule has 0 aliphatic rings. The minimum atomic E-state index is -0.688. The average molecular weight is 516 g/mol. The Morgan fingerprint density at radius 2 is 1.62 bits per heavy atom. The van der Waals surface area contributed by atoms with Crippen molar-refractivity contribution >= 4 is 39.3 Å². The number of nitrogens with one attached hydrogen (secondary N) is 1. The molecule has 0 fully saturated rings. The van der Waals surface area contributed by atoms with Gasteiger partial charge in [-0.1, -0.05) is 72.3 Å². The molecule has 7 heteroatoms. The van der Waals surface area contributed by atoms with Gasteiger partial charge in [0.1, 0.15) is 11.8 Å². The van der Waals surface area contributed by atoms with Gasteiger partial charge in [0.15, 0.2) is 6.61 Å². The van der Waals surface area contributed by atoms with Crippen LogP contribution in [0.2, 0.25) is 5.02 Å². The third kappa shape index (κ3) is 6.58. The number of halogens is 2. The van der Waals surface area contributed by atoms with Crippen molar-refractivity contribution in [3.8, 4) is 5.75 Å². The molecule has 0 heterocycles. The lowest BCUT2D eigenvalue weighted by Crippen LogP contribution is -2.51. The number of likely N-dealkylation sites (N-methyl/N-ethyl adjacent to an activating group) is 1. The number of rotatable bonds is 9. The second kappa shape index (κ2) is 11.7. The van der Waals surface area contributed by atoms with Gasteiger partial charge in [-0.2, -0.15) is 0 Å². The Morgan fingerprint density at radius 1 is 1.00 bits per heavy atom. The van der Waals surface area contributed by atoms with E-state index < -0.39 is 6.04 Å². The van der Waals surface area contributed by atoms with Crippen molar-refractivity contribution in [1.29, 1.82) is 0 Å². The number of nitrogens with zero attached hydrogens (tertiary/aromatic N) is 1. The number of amides is 2. The summed E-state index contributed by atoms with van der Waals surface area (Å²) in [6.45, 7) is 0.0745. The zero-order valence-electron chi connectivity index (χ0n) is 17.6. The van der Waals surface area contributed by atoms with Crippen LogP contribution >= 0.6 is 27.5 Å². The molecule has 0 saturated carbocycles. The van der Waals surface area contributed by atoms with Crippen LogP contribution in [0.4, 0.5) is 0 Å². The zero-order valence-corrected chi connectivity index (χ0v) is 20.0. The van der Waals surface area contributed by atoms with E-state index in [0.29, 0.717) is 21.7 Å². The maximum Gasteiger partial charge on any atom is 0.261 e. The Kier molecular flexibility index (Phi) is 8.71. The molecule has 0 aliphatic heterocycles. The summed E-state index contributed by atoms with van der Waals surface area (Å²) in [5.41, 5.74) is 1.89. The number of carbonyl (C=O) groups is 2. The summed E-state index contributed by atoms with van der Waals surface area (Å²) in [5.74, 6) is -0.0204. The van der Waals surface area contributed by atoms with Gasteiger partial charge in [0.2, 0.25) is 5.91 Å². The lowest BCUT2D eigenvalue weighted by Gasteiger charge is -2.31. The van der Waals surface area contributed by atoms with E-state index in [1.54, 1.807) is 30.1 Å². The normalized spacial score (nSPS) is 11.5. The fraction of sp³-hybridized carbons (Fsp3) is 0.200. The molecule has 1 N–H and O–H groups in total. The molecule has 0 spiro atoms. The molecule has 2 amide bonds. The van der Waals surface area contributed by atoms with E-state index in [4.69, 9.17) is 16.3 Å². The largest absolute Gasteiger partial charge is 0.483 e. The molecule has 1 atom stereocenters. The minimum Gasteiger partial charge on any atom is -0.483 e. The molecule has 32 heavy (non-hydrogen) atoms. The summed E-state index contributed by atoms with van der Waals surface area (Å²) in [6.07, 6.45) is 0.393. The van der Waals surface area contributed by atoms with Gasteiger partial charge in [-0.05, 0) is 45.3 Å². The number of benzene rings is 3.